The summed E-state index contributed by atoms with van der Waals surface area (Å²) in [4.78, 5) is 38.8. The molecule has 0 saturated heterocycles. The van der Waals surface area contributed by atoms with Crippen molar-refractivity contribution in [1.82, 2.24) is 4.90 Å². The molecule has 6 nitrogen and oxygen atoms in total. The Balaban J connectivity index is 1.21. The molecule has 0 spiro atoms. The second-order valence-corrected chi connectivity index (χ2v) is 10.1. The molecule has 4 aromatic carbocycles. The molecule has 6 heteroatoms. The third-order valence-electron chi connectivity index (χ3n) is 7.88. The van der Waals surface area contributed by atoms with Gasteiger partial charge in [0.15, 0.2) is 6.29 Å². The van der Waals surface area contributed by atoms with Gasteiger partial charge < -0.3 is 19.2 Å². The summed E-state index contributed by atoms with van der Waals surface area (Å²) in [5.74, 6) is 0.445. The summed E-state index contributed by atoms with van der Waals surface area (Å²) in [6.45, 7) is 0.945. The number of fused-ring (bicyclic) bond motifs is 4. The van der Waals surface area contributed by atoms with Crippen LogP contribution in [0.15, 0.2) is 91.0 Å². The lowest BCUT2D eigenvalue weighted by atomic mass is 9.89. The SMILES string of the molecule is O=CCC1c2cc(C=O)c(OCc3ccccc3)cc2CCN1C(=O)OCC1c2ccccc2-c2ccccc21. The van der Waals surface area contributed by atoms with Crippen molar-refractivity contribution in [3.63, 3.8) is 0 Å². The van der Waals surface area contributed by atoms with Gasteiger partial charge in [0, 0.05) is 18.9 Å². The molecule has 6 rings (SSSR count). The molecule has 0 radical (unpaired) electrons. The van der Waals surface area contributed by atoms with Crippen LogP contribution in [-0.4, -0.2) is 36.7 Å². The Morgan fingerprint density at radius 2 is 1.52 bits per heavy atom. The summed E-state index contributed by atoms with van der Waals surface area (Å²) in [5, 5.41) is 0. The number of carbonyl (C=O) groups is 3. The van der Waals surface area contributed by atoms with Gasteiger partial charge in [-0.25, -0.2) is 4.79 Å². The van der Waals surface area contributed by atoms with E-state index >= 15 is 0 Å². The standard InChI is InChI=1S/C34H29NO5/c36-17-15-32-30-18-25(20-37)33(39-21-23-8-2-1-3-9-23)19-24(30)14-16-35(32)34(38)40-22-31-28-12-6-4-10-26(28)27-11-5-7-13-29(27)31/h1-13,17-20,31-32H,14-16,21-22H2. The Morgan fingerprint density at radius 3 is 2.20 bits per heavy atom. The van der Waals surface area contributed by atoms with Crippen molar-refractivity contribution >= 4 is 18.7 Å². The highest BCUT2D eigenvalue weighted by atomic mass is 16.6. The Hall–Kier alpha value is -4.71. The average molecular weight is 532 g/mol. The van der Waals surface area contributed by atoms with Gasteiger partial charge in [0.1, 0.15) is 25.2 Å². The fourth-order valence-corrected chi connectivity index (χ4v) is 5.94. The molecule has 1 heterocycles. The summed E-state index contributed by atoms with van der Waals surface area (Å²) >= 11 is 0. The summed E-state index contributed by atoms with van der Waals surface area (Å²) in [6.07, 6.45) is 1.78. The van der Waals surface area contributed by atoms with Crippen LogP contribution in [-0.2, 0) is 22.6 Å². The molecule has 40 heavy (non-hydrogen) atoms. The Morgan fingerprint density at radius 1 is 0.850 bits per heavy atom. The largest absolute Gasteiger partial charge is 0.488 e. The van der Waals surface area contributed by atoms with Crippen LogP contribution in [0.4, 0.5) is 4.79 Å². The van der Waals surface area contributed by atoms with Crippen molar-refractivity contribution in [2.24, 2.45) is 0 Å². The van der Waals surface area contributed by atoms with Gasteiger partial charge in [-0.3, -0.25) is 4.79 Å². The molecule has 1 aliphatic heterocycles. The molecule has 1 amide bonds. The fourth-order valence-electron chi connectivity index (χ4n) is 5.94. The first-order valence-corrected chi connectivity index (χ1v) is 13.5. The second-order valence-electron chi connectivity index (χ2n) is 10.1. The number of aldehydes is 2. The zero-order chi connectivity index (χ0) is 27.5. The molecule has 200 valence electrons. The number of nitrogens with zero attached hydrogens (tertiary/aromatic N) is 1. The van der Waals surface area contributed by atoms with Crippen molar-refractivity contribution < 1.29 is 23.9 Å². The predicted molar refractivity (Wildman–Crippen MR) is 152 cm³/mol. The lowest BCUT2D eigenvalue weighted by Crippen LogP contribution is -2.41. The van der Waals surface area contributed by atoms with E-state index in [1.165, 1.54) is 0 Å². The van der Waals surface area contributed by atoms with Crippen molar-refractivity contribution in [3.8, 4) is 16.9 Å². The van der Waals surface area contributed by atoms with Crippen molar-refractivity contribution in [3.05, 3.63) is 124 Å². The summed E-state index contributed by atoms with van der Waals surface area (Å²) < 4.78 is 11.9. The maximum Gasteiger partial charge on any atom is 0.410 e. The average Bonchev–Trinajstić information content (AvgIpc) is 3.32. The Kier molecular flexibility index (Phi) is 7.15. The predicted octanol–water partition coefficient (Wildman–Crippen LogP) is 6.52. The van der Waals surface area contributed by atoms with Crippen LogP contribution >= 0.6 is 0 Å². The number of hydrogen-bond acceptors (Lipinski definition) is 5. The minimum Gasteiger partial charge on any atom is -0.488 e. The van der Waals surface area contributed by atoms with Crippen LogP contribution in [0.5, 0.6) is 5.75 Å². The van der Waals surface area contributed by atoms with E-state index in [0.29, 0.717) is 30.9 Å². The van der Waals surface area contributed by atoms with Crippen molar-refractivity contribution in [1.29, 1.82) is 0 Å². The summed E-state index contributed by atoms with van der Waals surface area (Å²) in [6, 6.07) is 29.3. The number of benzene rings is 4. The first kappa shape index (κ1) is 25.6. The van der Waals surface area contributed by atoms with Gasteiger partial charge in [-0.2, -0.15) is 0 Å². The minimum atomic E-state index is -0.515. The van der Waals surface area contributed by atoms with Crippen LogP contribution in [0.3, 0.4) is 0 Å². The monoisotopic (exact) mass is 531 g/mol. The number of rotatable bonds is 8. The maximum absolute atomic E-state index is 13.4. The molecule has 1 aliphatic carbocycles. The van der Waals surface area contributed by atoms with Crippen molar-refractivity contribution in [2.75, 3.05) is 13.2 Å². The molecule has 1 atom stereocenters. The lowest BCUT2D eigenvalue weighted by Gasteiger charge is -2.36. The number of carbonyl (C=O) groups excluding carboxylic acids is 3. The van der Waals surface area contributed by atoms with Gasteiger partial charge in [0.2, 0.25) is 0 Å². The van der Waals surface area contributed by atoms with E-state index in [9.17, 15) is 14.4 Å². The van der Waals surface area contributed by atoms with Gasteiger partial charge in [-0.15, -0.1) is 0 Å². The second kappa shape index (κ2) is 11.2. The van der Waals surface area contributed by atoms with E-state index in [1.807, 2.05) is 60.7 Å². The first-order valence-electron chi connectivity index (χ1n) is 13.5. The number of hydrogen-bond donors (Lipinski definition) is 0. The molecule has 0 N–H and O–H groups in total. The molecule has 0 fully saturated rings. The highest BCUT2D eigenvalue weighted by Crippen LogP contribution is 2.45. The number of amides is 1. The highest BCUT2D eigenvalue weighted by molar-refractivity contribution is 5.81. The molecule has 0 bridgehead atoms. The molecule has 2 aliphatic rings. The first-order chi connectivity index (χ1) is 19.7. The van der Waals surface area contributed by atoms with Gasteiger partial charge in [0.05, 0.1) is 11.6 Å². The zero-order valence-electron chi connectivity index (χ0n) is 22.0. The number of ether oxygens (including phenoxy) is 2. The molecule has 0 aromatic heterocycles. The fraction of sp³-hybridized carbons (Fsp3) is 0.206. The van der Waals surface area contributed by atoms with E-state index in [4.69, 9.17) is 9.47 Å². The topological polar surface area (TPSA) is 72.9 Å². The van der Waals surface area contributed by atoms with Crippen LogP contribution in [0.1, 0.15) is 56.6 Å². The normalized spacial score (nSPS) is 15.5. The van der Waals surface area contributed by atoms with Crippen LogP contribution in [0, 0.1) is 0 Å². The van der Waals surface area contributed by atoms with Gasteiger partial charge in [-0.1, -0.05) is 78.9 Å². The van der Waals surface area contributed by atoms with E-state index in [2.05, 4.69) is 24.3 Å². The third kappa shape index (κ3) is 4.77. The molecular weight excluding hydrogens is 502 g/mol. The quantitative estimate of drug-likeness (QED) is 0.242. The summed E-state index contributed by atoms with van der Waals surface area (Å²) in [5.41, 5.74) is 7.74. The van der Waals surface area contributed by atoms with E-state index in [0.717, 1.165) is 51.5 Å². The van der Waals surface area contributed by atoms with E-state index in [1.54, 1.807) is 11.0 Å². The van der Waals surface area contributed by atoms with Gasteiger partial charge >= 0.3 is 6.09 Å². The van der Waals surface area contributed by atoms with Gasteiger partial charge in [-0.05, 0) is 57.5 Å². The van der Waals surface area contributed by atoms with Crippen molar-refractivity contribution in [2.45, 2.75) is 31.4 Å². The third-order valence-corrected chi connectivity index (χ3v) is 7.88. The Labute approximate surface area is 233 Å². The zero-order valence-corrected chi connectivity index (χ0v) is 22.0. The highest BCUT2D eigenvalue weighted by Gasteiger charge is 2.34. The summed E-state index contributed by atoms with van der Waals surface area (Å²) in [7, 11) is 0. The van der Waals surface area contributed by atoms with Crippen LogP contribution in [0.25, 0.3) is 11.1 Å². The molecule has 0 saturated carbocycles. The molecular formula is C34H29NO5. The molecule has 4 aromatic rings. The van der Waals surface area contributed by atoms with E-state index in [-0.39, 0.29) is 18.9 Å². The maximum atomic E-state index is 13.4. The van der Waals surface area contributed by atoms with Gasteiger partial charge in [0.25, 0.3) is 0 Å². The Bertz CT molecular complexity index is 1520. The van der Waals surface area contributed by atoms with Crippen LogP contribution in [0.2, 0.25) is 0 Å². The molecule has 1 unspecified atom stereocenters. The smallest absolute Gasteiger partial charge is 0.410 e. The lowest BCUT2D eigenvalue weighted by molar-refractivity contribution is -0.108. The van der Waals surface area contributed by atoms with E-state index < -0.39 is 12.1 Å². The minimum absolute atomic E-state index is 0.0519. The van der Waals surface area contributed by atoms with Crippen LogP contribution < -0.4 is 4.74 Å².